The first-order chi connectivity index (χ1) is 17.5. The Labute approximate surface area is 204 Å². The summed E-state index contributed by atoms with van der Waals surface area (Å²) >= 11 is 0. The third-order valence-electron chi connectivity index (χ3n) is 5.02. The first-order valence-corrected chi connectivity index (χ1v) is 10.7. The molecule has 11 heteroatoms. The molecule has 5 aromatic heterocycles. The molecule has 0 aliphatic rings. The van der Waals surface area contributed by atoms with E-state index in [9.17, 15) is 20.4 Å². The normalized spacial score (nSPS) is 10.7. The summed E-state index contributed by atoms with van der Waals surface area (Å²) in [6.07, 6.45) is 5.22. The van der Waals surface area contributed by atoms with Gasteiger partial charge in [-0.2, -0.15) is 0 Å². The molecule has 178 valence electrons. The van der Waals surface area contributed by atoms with Gasteiger partial charge in [0.15, 0.2) is 0 Å². The summed E-state index contributed by atoms with van der Waals surface area (Å²) in [5.74, 6) is 2.55. The lowest BCUT2D eigenvalue weighted by Crippen LogP contribution is -2.18. The maximum atomic E-state index is 9.72. The van der Waals surface area contributed by atoms with E-state index in [1.54, 1.807) is 52.3 Å². The van der Waals surface area contributed by atoms with Gasteiger partial charge in [0.25, 0.3) is 0 Å². The predicted molar refractivity (Wildman–Crippen MR) is 131 cm³/mol. The number of hydrogen-bond acceptors (Lipinski definition) is 11. The highest BCUT2D eigenvalue weighted by Crippen LogP contribution is 2.36. The zero-order chi connectivity index (χ0) is 25.1. The van der Waals surface area contributed by atoms with Crippen molar-refractivity contribution in [3.05, 3.63) is 91.5 Å². The molecule has 0 atom stereocenters. The SMILES string of the molecule is Oc1ccc(N(c2ccc(O)cn2)c2cccc(N(c3ccc(O)cn3)c3ccc(O)cn3)n2)nc1. The van der Waals surface area contributed by atoms with E-state index >= 15 is 0 Å². The van der Waals surface area contributed by atoms with Gasteiger partial charge in [0.05, 0.1) is 24.8 Å². The van der Waals surface area contributed by atoms with Crippen LogP contribution in [0.15, 0.2) is 91.5 Å². The van der Waals surface area contributed by atoms with Gasteiger partial charge in [0, 0.05) is 0 Å². The molecule has 36 heavy (non-hydrogen) atoms. The van der Waals surface area contributed by atoms with E-state index in [0.717, 1.165) is 0 Å². The van der Waals surface area contributed by atoms with Gasteiger partial charge in [-0.15, -0.1) is 0 Å². The zero-order valence-electron chi connectivity index (χ0n) is 18.6. The molecule has 0 aromatic carbocycles. The molecule has 0 aliphatic carbocycles. The second-order valence-corrected chi connectivity index (χ2v) is 7.52. The minimum atomic E-state index is 0.00191. The number of rotatable bonds is 6. The standard InChI is InChI=1S/C25H19N7O4/c33-16-4-8-20(26-12-16)31(21-9-5-17(34)13-27-21)24-2-1-3-25(30-24)32(22-10-6-18(35)14-28-22)23-11-7-19(36)15-29-23/h1-15,33-36H. The molecule has 5 rings (SSSR count). The first-order valence-electron chi connectivity index (χ1n) is 10.7. The summed E-state index contributed by atoms with van der Waals surface area (Å²) in [4.78, 5) is 25.3. The van der Waals surface area contributed by atoms with Crippen LogP contribution in [0.5, 0.6) is 23.0 Å². The summed E-state index contributed by atoms with van der Waals surface area (Å²) in [6.45, 7) is 0. The van der Waals surface area contributed by atoms with Crippen LogP contribution in [0, 0.1) is 0 Å². The Bertz CT molecular complexity index is 1260. The van der Waals surface area contributed by atoms with Gasteiger partial charge in [-0.3, -0.25) is 9.80 Å². The minimum absolute atomic E-state index is 0.00191. The van der Waals surface area contributed by atoms with Crippen LogP contribution in [0.25, 0.3) is 0 Å². The number of anilines is 6. The van der Waals surface area contributed by atoms with Crippen LogP contribution in [0.4, 0.5) is 34.9 Å². The van der Waals surface area contributed by atoms with E-state index in [-0.39, 0.29) is 23.0 Å². The van der Waals surface area contributed by atoms with Crippen molar-refractivity contribution in [3.8, 4) is 23.0 Å². The summed E-state index contributed by atoms with van der Waals surface area (Å²) in [6, 6.07) is 17.7. The van der Waals surface area contributed by atoms with Crippen LogP contribution >= 0.6 is 0 Å². The topological polar surface area (TPSA) is 152 Å². The van der Waals surface area contributed by atoms with E-state index in [4.69, 9.17) is 4.98 Å². The molecular weight excluding hydrogens is 462 g/mol. The molecule has 0 aliphatic heterocycles. The van der Waals surface area contributed by atoms with Crippen LogP contribution in [-0.2, 0) is 0 Å². The molecular formula is C25H19N7O4. The molecule has 0 saturated heterocycles. The van der Waals surface area contributed by atoms with Crippen LogP contribution < -0.4 is 9.80 Å². The Kier molecular flexibility index (Phi) is 5.85. The fraction of sp³-hybridized carbons (Fsp3) is 0. The van der Waals surface area contributed by atoms with Gasteiger partial charge in [-0.25, -0.2) is 24.9 Å². The monoisotopic (exact) mass is 481 g/mol. The maximum Gasteiger partial charge on any atom is 0.142 e. The van der Waals surface area contributed by atoms with Crippen molar-refractivity contribution >= 4 is 34.9 Å². The van der Waals surface area contributed by atoms with E-state index < -0.39 is 0 Å². The number of aromatic hydroxyl groups is 4. The van der Waals surface area contributed by atoms with E-state index in [2.05, 4.69) is 19.9 Å². The highest BCUT2D eigenvalue weighted by atomic mass is 16.3. The zero-order valence-corrected chi connectivity index (χ0v) is 18.6. The average molecular weight is 481 g/mol. The molecule has 5 aromatic rings. The van der Waals surface area contributed by atoms with Gasteiger partial charge in [-0.1, -0.05) is 6.07 Å². The van der Waals surface area contributed by atoms with Crippen molar-refractivity contribution in [3.63, 3.8) is 0 Å². The number of aromatic nitrogens is 5. The third kappa shape index (κ3) is 4.61. The second-order valence-electron chi connectivity index (χ2n) is 7.52. The van der Waals surface area contributed by atoms with Crippen molar-refractivity contribution in [2.45, 2.75) is 0 Å². The highest BCUT2D eigenvalue weighted by Gasteiger charge is 2.21. The van der Waals surface area contributed by atoms with Gasteiger partial charge in [-0.05, 0) is 60.7 Å². The molecule has 0 amide bonds. The quantitative estimate of drug-likeness (QED) is 0.273. The average Bonchev–Trinajstić information content (AvgIpc) is 2.89. The smallest absolute Gasteiger partial charge is 0.142 e. The third-order valence-corrected chi connectivity index (χ3v) is 5.02. The number of nitrogens with zero attached hydrogens (tertiary/aromatic N) is 7. The Balaban J connectivity index is 1.65. The van der Waals surface area contributed by atoms with Crippen molar-refractivity contribution < 1.29 is 20.4 Å². The van der Waals surface area contributed by atoms with Crippen molar-refractivity contribution in [1.29, 1.82) is 0 Å². The minimum Gasteiger partial charge on any atom is -0.506 e. The Morgan fingerprint density at radius 2 is 0.694 bits per heavy atom. The molecule has 11 nitrogen and oxygen atoms in total. The largest absolute Gasteiger partial charge is 0.506 e. The molecule has 0 bridgehead atoms. The lowest BCUT2D eigenvalue weighted by Gasteiger charge is -2.25. The van der Waals surface area contributed by atoms with Crippen LogP contribution in [0.3, 0.4) is 0 Å². The molecule has 0 saturated carbocycles. The van der Waals surface area contributed by atoms with Gasteiger partial charge in [0.2, 0.25) is 0 Å². The maximum absolute atomic E-state index is 9.72. The van der Waals surface area contributed by atoms with Crippen LogP contribution in [0.1, 0.15) is 0 Å². The summed E-state index contributed by atoms with van der Waals surface area (Å²) in [5.41, 5.74) is 0. The van der Waals surface area contributed by atoms with Crippen LogP contribution in [0.2, 0.25) is 0 Å². The van der Waals surface area contributed by atoms with E-state index in [1.165, 1.54) is 49.1 Å². The van der Waals surface area contributed by atoms with E-state index in [1.807, 2.05) is 0 Å². The molecule has 0 fully saturated rings. The fourth-order valence-corrected chi connectivity index (χ4v) is 3.41. The Morgan fingerprint density at radius 3 is 0.944 bits per heavy atom. The van der Waals surface area contributed by atoms with Gasteiger partial charge < -0.3 is 20.4 Å². The van der Waals surface area contributed by atoms with Crippen molar-refractivity contribution in [2.24, 2.45) is 0 Å². The predicted octanol–water partition coefficient (Wildman–Crippen LogP) is 4.42. The summed E-state index contributed by atoms with van der Waals surface area (Å²) < 4.78 is 0. The summed E-state index contributed by atoms with van der Waals surface area (Å²) in [7, 11) is 0. The summed E-state index contributed by atoms with van der Waals surface area (Å²) in [5, 5.41) is 38.9. The number of pyridine rings is 5. The lowest BCUT2D eigenvalue weighted by molar-refractivity contribution is 0.472. The lowest BCUT2D eigenvalue weighted by atomic mass is 10.3. The highest BCUT2D eigenvalue weighted by molar-refractivity contribution is 5.74. The Hall–Kier alpha value is -5.45. The van der Waals surface area contributed by atoms with Crippen molar-refractivity contribution in [1.82, 2.24) is 24.9 Å². The second kappa shape index (κ2) is 9.43. The van der Waals surface area contributed by atoms with Gasteiger partial charge >= 0.3 is 0 Å². The fourth-order valence-electron chi connectivity index (χ4n) is 3.41. The molecule has 4 N–H and O–H groups in total. The molecule has 0 spiro atoms. The van der Waals surface area contributed by atoms with E-state index in [0.29, 0.717) is 34.9 Å². The van der Waals surface area contributed by atoms with Crippen LogP contribution in [-0.4, -0.2) is 45.3 Å². The molecule has 0 unspecified atom stereocenters. The first kappa shape index (κ1) is 22.3. The van der Waals surface area contributed by atoms with Crippen molar-refractivity contribution in [2.75, 3.05) is 9.80 Å². The van der Waals surface area contributed by atoms with Gasteiger partial charge in [0.1, 0.15) is 57.9 Å². The molecule has 0 radical (unpaired) electrons. The Morgan fingerprint density at radius 1 is 0.389 bits per heavy atom. The number of hydrogen-bond donors (Lipinski definition) is 4. The molecule has 5 heterocycles.